The Kier molecular flexibility index (Phi) is 20.0. The maximum Gasteiger partial charge on any atom is 0.312 e. The van der Waals surface area contributed by atoms with Gasteiger partial charge in [-0.25, -0.2) is 0 Å². The van der Waals surface area contributed by atoms with Crippen molar-refractivity contribution in [2.75, 3.05) is 26.2 Å². The molecule has 0 aromatic carbocycles. The van der Waals surface area contributed by atoms with Crippen molar-refractivity contribution in [3.05, 3.63) is 12.2 Å². The maximum atomic E-state index is 11.9. The van der Waals surface area contributed by atoms with Crippen LogP contribution in [-0.2, 0) is 14.4 Å². The zero-order chi connectivity index (χ0) is 28.1. The van der Waals surface area contributed by atoms with Gasteiger partial charge < -0.3 is 19.8 Å². The summed E-state index contributed by atoms with van der Waals surface area (Å²) in [5.74, 6) is -4.53. The fraction of sp³-hybridized carbons (Fsp3) is 0.833. The third-order valence-corrected chi connectivity index (χ3v) is 7.74. The molecule has 0 bridgehead atoms. The van der Waals surface area contributed by atoms with E-state index in [1.54, 1.807) is 0 Å². The fourth-order valence-corrected chi connectivity index (χ4v) is 5.21. The van der Waals surface area contributed by atoms with E-state index in [0.717, 1.165) is 32.1 Å². The predicted octanol–water partition coefficient (Wildman–Crippen LogP) is 7.00. The molecule has 0 saturated carbocycles. The predicted molar refractivity (Wildman–Crippen MR) is 150 cm³/mol. The highest BCUT2D eigenvalue weighted by Crippen LogP contribution is 2.25. The third-order valence-electron chi connectivity index (χ3n) is 7.74. The van der Waals surface area contributed by atoms with E-state index in [4.69, 9.17) is 0 Å². The quantitative estimate of drug-likeness (QED) is 0.0670. The molecule has 3 N–H and O–H groups in total. The number of unbranched alkanes of at least 4 members (excludes halogenated alkanes) is 9. The van der Waals surface area contributed by atoms with E-state index >= 15 is 0 Å². The van der Waals surface area contributed by atoms with Crippen LogP contribution in [-0.4, -0.2) is 63.9 Å². The number of quaternary nitrogens is 1. The molecule has 7 heteroatoms. The lowest BCUT2D eigenvalue weighted by atomic mass is 9.95. The smallest absolute Gasteiger partial charge is 0.312 e. The van der Waals surface area contributed by atoms with E-state index in [1.807, 2.05) is 20.8 Å². The van der Waals surface area contributed by atoms with Crippen molar-refractivity contribution in [3.8, 4) is 0 Å². The lowest BCUT2D eigenvalue weighted by molar-refractivity contribution is -0.935. The van der Waals surface area contributed by atoms with Crippen LogP contribution >= 0.6 is 0 Å². The molecule has 0 aromatic rings. The Bertz CT molecular complexity index is 603. The molecule has 0 heterocycles. The molecule has 0 aromatic heterocycles. The summed E-state index contributed by atoms with van der Waals surface area (Å²) in [4.78, 5) is 35.8. The summed E-state index contributed by atoms with van der Waals surface area (Å²) in [5.41, 5.74) is 0. The minimum absolute atomic E-state index is 0.253. The summed E-state index contributed by atoms with van der Waals surface area (Å²) in [6.45, 7) is 9.18. The Morgan fingerprint density at radius 1 is 0.568 bits per heavy atom. The number of rotatable bonds is 25. The van der Waals surface area contributed by atoms with E-state index in [0.29, 0.717) is 25.8 Å². The molecular weight excluding hydrogens is 470 g/mol. The molecule has 0 spiro atoms. The maximum absolute atomic E-state index is 11.9. The van der Waals surface area contributed by atoms with Crippen LogP contribution in [0.15, 0.2) is 12.2 Å². The average molecular weight is 527 g/mol. The van der Waals surface area contributed by atoms with E-state index in [-0.39, 0.29) is 24.1 Å². The lowest BCUT2D eigenvalue weighted by Gasteiger charge is -2.43. The molecule has 37 heavy (non-hydrogen) atoms. The molecule has 3 atom stereocenters. The van der Waals surface area contributed by atoms with Crippen LogP contribution < -0.4 is 0 Å². The number of carboxylic acid groups (broad SMARTS) is 3. The first-order valence-electron chi connectivity index (χ1n) is 14.8. The van der Waals surface area contributed by atoms with Gasteiger partial charge in [0.25, 0.3) is 0 Å². The van der Waals surface area contributed by atoms with Crippen LogP contribution in [0.3, 0.4) is 0 Å². The second kappa shape index (κ2) is 21.1. The molecule has 0 rings (SSSR count). The van der Waals surface area contributed by atoms with Gasteiger partial charge in [0.05, 0.1) is 26.2 Å². The van der Waals surface area contributed by atoms with Gasteiger partial charge in [-0.1, -0.05) is 72.0 Å². The molecule has 0 saturated heterocycles. The average Bonchev–Trinajstić information content (AvgIpc) is 2.86. The second-order valence-corrected chi connectivity index (χ2v) is 10.8. The van der Waals surface area contributed by atoms with Crippen LogP contribution in [0.25, 0.3) is 0 Å². The SMILES string of the molecule is CCCCC/C=C/CCCCCCCC[N+](CC(CC)C(=O)O)(CC(CC)C(=O)O)CC(CC)C(=O)O. The topological polar surface area (TPSA) is 112 Å². The highest BCUT2D eigenvalue weighted by atomic mass is 16.4. The van der Waals surface area contributed by atoms with Crippen molar-refractivity contribution in [1.82, 2.24) is 0 Å². The second-order valence-electron chi connectivity index (χ2n) is 10.8. The minimum atomic E-state index is -0.892. The first-order valence-corrected chi connectivity index (χ1v) is 14.8. The van der Waals surface area contributed by atoms with Crippen molar-refractivity contribution in [1.29, 1.82) is 0 Å². The van der Waals surface area contributed by atoms with E-state index < -0.39 is 35.7 Å². The fourth-order valence-electron chi connectivity index (χ4n) is 5.21. The standard InChI is InChI=1S/C30H55NO6/c1-5-9-10-11-12-13-14-15-16-17-18-19-20-21-31(22-25(6-2)28(32)33,23-26(7-3)29(34)35)24-27(8-4)30(36)37/h12-13,25-27H,5-11,14-24H2,1-4H3,(H2-,32,33,34,35,36,37)/p+1/b13-12+. The van der Waals surface area contributed by atoms with Crippen molar-refractivity contribution >= 4 is 17.9 Å². The minimum Gasteiger partial charge on any atom is -0.481 e. The number of carboxylic acids is 3. The molecule has 0 aliphatic heterocycles. The molecular formula is C30H56NO6+. The van der Waals surface area contributed by atoms with Gasteiger partial charge in [-0.05, 0) is 57.8 Å². The number of hydrogen-bond acceptors (Lipinski definition) is 3. The van der Waals surface area contributed by atoms with Crippen LogP contribution in [0.4, 0.5) is 0 Å². The zero-order valence-corrected chi connectivity index (χ0v) is 24.1. The normalized spacial score (nSPS) is 15.8. The Morgan fingerprint density at radius 3 is 1.27 bits per heavy atom. The van der Waals surface area contributed by atoms with Gasteiger partial charge in [-0.15, -0.1) is 0 Å². The van der Waals surface area contributed by atoms with E-state index in [9.17, 15) is 29.7 Å². The molecule has 0 aliphatic rings. The summed E-state index contributed by atoms with van der Waals surface area (Å²) in [6, 6.07) is 0. The number of nitrogens with zero attached hydrogens (tertiary/aromatic N) is 1. The Morgan fingerprint density at radius 2 is 0.919 bits per heavy atom. The van der Waals surface area contributed by atoms with Gasteiger partial charge in [-0.2, -0.15) is 0 Å². The molecule has 0 amide bonds. The summed E-state index contributed by atoms with van der Waals surface area (Å²) < 4.78 is 0.253. The molecule has 216 valence electrons. The monoisotopic (exact) mass is 526 g/mol. The third kappa shape index (κ3) is 15.8. The zero-order valence-electron chi connectivity index (χ0n) is 24.1. The highest BCUT2D eigenvalue weighted by molar-refractivity contribution is 5.71. The molecule has 0 aliphatic carbocycles. The van der Waals surface area contributed by atoms with Gasteiger partial charge in [0.15, 0.2) is 0 Å². The van der Waals surface area contributed by atoms with Crippen molar-refractivity contribution in [2.45, 2.75) is 118 Å². The molecule has 7 nitrogen and oxygen atoms in total. The number of allylic oxidation sites excluding steroid dienone is 2. The number of carbonyl (C=O) groups is 3. The van der Waals surface area contributed by atoms with Crippen LogP contribution in [0.5, 0.6) is 0 Å². The molecule has 3 unspecified atom stereocenters. The van der Waals surface area contributed by atoms with Crippen molar-refractivity contribution in [3.63, 3.8) is 0 Å². The lowest BCUT2D eigenvalue weighted by Crippen LogP contribution is -2.58. The highest BCUT2D eigenvalue weighted by Gasteiger charge is 2.40. The van der Waals surface area contributed by atoms with Gasteiger partial charge in [0, 0.05) is 0 Å². The van der Waals surface area contributed by atoms with Crippen molar-refractivity contribution in [2.24, 2.45) is 17.8 Å². The Balaban J connectivity index is 5.16. The number of aliphatic carboxylic acids is 3. The number of hydrogen-bond donors (Lipinski definition) is 3. The van der Waals surface area contributed by atoms with Crippen molar-refractivity contribution < 1.29 is 34.2 Å². The molecule has 0 radical (unpaired) electrons. The van der Waals surface area contributed by atoms with Gasteiger partial charge >= 0.3 is 17.9 Å². The summed E-state index contributed by atoms with van der Waals surface area (Å²) in [5, 5.41) is 29.3. The van der Waals surface area contributed by atoms with E-state index in [2.05, 4.69) is 19.1 Å². The summed E-state index contributed by atoms with van der Waals surface area (Å²) >= 11 is 0. The van der Waals surface area contributed by atoms with Gasteiger partial charge in [0.2, 0.25) is 0 Å². The summed E-state index contributed by atoms with van der Waals surface area (Å²) in [7, 11) is 0. The molecule has 0 fully saturated rings. The van der Waals surface area contributed by atoms with Gasteiger partial charge in [-0.3, -0.25) is 14.4 Å². The van der Waals surface area contributed by atoms with Crippen LogP contribution in [0, 0.1) is 17.8 Å². The summed E-state index contributed by atoms with van der Waals surface area (Å²) in [6.07, 6.45) is 18.5. The van der Waals surface area contributed by atoms with Crippen LogP contribution in [0.2, 0.25) is 0 Å². The largest absolute Gasteiger partial charge is 0.481 e. The Labute approximate surface area is 225 Å². The first kappa shape index (κ1) is 35.1. The van der Waals surface area contributed by atoms with E-state index in [1.165, 1.54) is 38.5 Å². The van der Waals surface area contributed by atoms with Gasteiger partial charge in [0.1, 0.15) is 17.8 Å². The first-order chi connectivity index (χ1) is 17.7. The Hall–Kier alpha value is -1.89. The van der Waals surface area contributed by atoms with Crippen LogP contribution in [0.1, 0.15) is 118 Å².